The highest BCUT2D eigenvalue weighted by Gasteiger charge is 2.10. The second kappa shape index (κ2) is 8.02. The van der Waals surface area contributed by atoms with E-state index >= 15 is 0 Å². The van der Waals surface area contributed by atoms with Crippen molar-refractivity contribution in [3.63, 3.8) is 0 Å². The average molecular weight is 333 g/mol. The van der Waals surface area contributed by atoms with Crippen molar-refractivity contribution in [3.8, 4) is 5.75 Å². The Morgan fingerprint density at radius 1 is 1.13 bits per heavy atom. The van der Waals surface area contributed by atoms with Gasteiger partial charge in [-0.25, -0.2) is 0 Å². The molecule has 0 aliphatic heterocycles. The summed E-state index contributed by atoms with van der Waals surface area (Å²) in [7, 11) is 1.39. The molecule has 0 aliphatic rings. The molecule has 0 amide bonds. The molecule has 0 N–H and O–H groups in total. The Hall–Kier alpha value is -2.00. The van der Waals surface area contributed by atoms with Crippen molar-refractivity contribution in [2.45, 2.75) is 33.3 Å². The SMILES string of the molecule is CCc1cc(Cl)c(OCc2ccccc2CC(=O)OC)cc1C. The fourth-order valence-electron chi connectivity index (χ4n) is 2.44. The molecule has 23 heavy (non-hydrogen) atoms. The van der Waals surface area contributed by atoms with Crippen LogP contribution in [0.25, 0.3) is 0 Å². The van der Waals surface area contributed by atoms with Crippen molar-refractivity contribution in [1.29, 1.82) is 0 Å². The number of benzene rings is 2. The third-order valence-corrected chi connectivity index (χ3v) is 4.13. The van der Waals surface area contributed by atoms with Crippen LogP contribution in [0.1, 0.15) is 29.2 Å². The molecule has 2 aromatic rings. The van der Waals surface area contributed by atoms with Gasteiger partial charge in [0, 0.05) is 0 Å². The third-order valence-electron chi connectivity index (χ3n) is 3.84. The second-order valence-corrected chi connectivity index (χ2v) is 5.78. The molecule has 0 aliphatic carbocycles. The van der Waals surface area contributed by atoms with Crippen LogP contribution in [0.3, 0.4) is 0 Å². The predicted molar refractivity (Wildman–Crippen MR) is 92.1 cm³/mol. The number of esters is 1. The van der Waals surface area contributed by atoms with Crippen LogP contribution < -0.4 is 4.74 Å². The molecular formula is C19H21ClO3. The van der Waals surface area contributed by atoms with E-state index < -0.39 is 0 Å². The second-order valence-electron chi connectivity index (χ2n) is 5.37. The highest BCUT2D eigenvalue weighted by molar-refractivity contribution is 6.32. The number of methoxy groups -OCH3 is 1. The van der Waals surface area contributed by atoms with Gasteiger partial charge in [0.1, 0.15) is 12.4 Å². The maximum absolute atomic E-state index is 11.5. The zero-order valence-corrected chi connectivity index (χ0v) is 14.4. The van der Waals surface area contributed by atoms with E-state index in [1.54, 1.807) is 0 Å². The van der Waals surface area contributed by atoms with Crippen LogP contribution in [0.2, 0.25) is 5.02 Å². The number of carbonyl (C=O) groups excluding carboxylic acids is 1. The smallest absolute Gasteiger partial charge is 0.309 e. The first-order valence-electron chi connectivity index (χ1n) is 7.60. The summed E-state index contributed by atoms with van der Waals surface area (Å²) in [5, 5.41) is 0.609. The molecule has 3 nitrogen and oxygen atoms in total. The van der Waals surface area contributed by atoms with Crippen LogP contribution in [-0.2, 0) is 29.0 Å². The van der Waals surface area contributed by atoms with Crippen LogP contribution >= 0.6 is 11.6 Å². The molecule has 0 spiro atoms. The minimum Gasteiger partial charge on any atom is -0.487 e. The topological polar surface area (TPSA) is 35.5 Å². The van der Waals surface area contributed by atoms with E-state index in [-0.39, 0.29) is 12.4 Å². The summed E-state index contributed by atoms with van der Waals surface area (Å²) in [4.78, 5) is 11.5. The molecule has 122 valence electrons. The fourth-order valence-corrected chi connectivity index (χ4v) is 2.68. The van der Waals surface area contributed by atoms with E-state index in [9.17, 15) is 4.79 Å². The van der Waals surface area contributed by atoms with Crippen molar-refractivity contribution in [3.05, 3.63) is 63.7 Å². The maximum Gasteiger partial charge on any atom is 0.309 e. The minimum absolute atomic E-state index is 0.234. The fraction of sp³-hybridized carbons (Fsp3) is 0.316. The highest BCUT2D eigenvalue weighted by atomic mass is 35.5. The van der Waals surface area contributed by atoms with Crippen molar-refractivity contribution in [2.75, 3.05) is 7.11 Å². The van der Waals surface area contributed by atoms with Gasteiger partial charge < -0.3 is 9.47 Å². The van der Waals surface area contributed by atoms with Gasteiger partial charge in [-0.15, -0.1) is 0 Å². The van der Waals surface area contributed by atoms with Gasteiger partial charge in [-0.3, -0.25) is 4.79 Å². The van der Waals surface area contributed by atoms with Crippen LogP contribution in [0, 0.1) is 6.92 Å². The molecule has 0 radical (unpaired) electrons. The van der Waals surface area contributed by atoms with Gasteiger partial charge in [-0.2, -0.15) is 0 Å². The first-order valence-corrected chi connectivity index (χ1v) is 7.98. The molecular weight excluding hydrogens is 312 g/mol. The standard InChI is InChI=1S/C19H21ClO3/c1-4-14-10-17(20)18(9-13(14)2)23-12-16-8-6-5-7-15(16)11-19(21)22-3/h5-10H,4,11-12H2,1-3H3. The molecule has 0 saturated carbocycles. The number of ether oxygens (including phenoxy) is 2. The number of rotatable bonds is 6. The number of halogens is 1. The molecule has 0 unspecified atom stereocenters. The molecule has 0 heterocycles. The van der Waals surface area contributed by atoms with E-state index in [4.69, 9.17) is 21.1 Å². The first kappa shape index (κ1) is 17.4. The van der Waals surface area contributed by atoms with Gasteiger partial charge in [0.15, 0.2) is 0 Å². The van der Waals surface area contributed by atoms with Crippen LogP contribution in [0.15, 0.2) is 36.4 Å². The normalized spacial score (nSPS) is 10.4. The lowest BCUT2D eigenvalue weighted by atomic mass is 10.0. The summed E-state index contributed by atoms with van der Waals surface area (Å²) >= 11 is 6.29. The van der Waals surface area contributed by atoms with Gasteiger partial charge in [0.2, 0.25) is 0 Å². The molecule has 0 fully saturated rings. The van der Waals surface area contributed by atoms with E-state index in [0.29, 0.717) is 17.4 Å². The zero-order valence-electron chi connectivity index (χ0n) is 13.7. The van der Waals surface area contributed by atoms with Crippen LogP contribution in [0.4, 0.5) is 0 Å². The zero-order chi connectivity index (χ0) is 16.8. The van der Waals surface area contributed by atoms with Gasteiger partial charge in [0.05, 0.1) is 18.6 Å². The molecule has 4 heteroatoms. The van der Waals surface area contributed by atoms with Gasteiger partial charge in [-0.05, 0) is 47.7 Å². The molecule has 0 atom stereocenters. The summed E-state index contributed by atoms with van der Waals surface area (Å²) in [6, 6.07) is 11.6. The van der Waals surface area contributed by atoms with Crippen molar-refractivity contribution in [2.24, 2.45) is 0 Å². The summed E-state index contributed by atoms with van der Waals surface area (Å²) in [5.41, 5.74) is 4.23. The number of aryl methyl sites for hydroxylation is 2. The highest BCUT2D eigenvalue weighted by Crippen LogP contribution is 2.29. The monoisotopic (exact) mass is 332 g/mol. The van der Waals surface area contributed by atoms with Gasteiger partial charge >= 0.3 is 5.97 Å². The molecule has 2 rings (SSSR count). The molecule has 2 aromatic carbocycles. The number of carbonyl (C=O) groups is 1. The lowest BCUT2D eigenvalue weighted by molar-refractivity contribution is -0.139. The third kappa shape index (κ3) is 4.49. The molecule has 0 saturated heterocycles. The maximum atomic E-state index is 11.5. The van der Waals surface area contributed by atoms with E-state index in [0.717, 1.165) is 23.1 Å². The largest absolute Gasteiger partial charge is 0.487 e. The van der Waals surface area contributed by atoms with Crippen LogP contribution in [0.5, 0.6) is 5.75 Å². The quantitative estimate of drug-likeness (QED) is 0.730. The molecule has 0 bridgehead atoms. The number of hydrogen-bond acceptors (Lipinski definition) is 3. The van der Waals surface area contributed by atoms with Crippen LogP contribution in [-0.4, -0.2) is 13.1 Å². The Bertz CT molecular complexity index is 695. The van der Waals surface area contributed by atoms with E-state index in [2.05, 4.69) is 6.92 Å². The Kier molecular flexibility index (Phi) is 6.05. The molecule has 0 aromatic heterocycles. The number of hydrogen-bond donors (Lipinski definition) is 0. The first-order chi connectivity index (χ1) is 11.0. The summed E-state index contributed by atoms with van der Waals surface area (Å²) < 4.78 is 10.6. The van der Waals surface area contributed by atoms with E-state index in [1.165, 1.54) is 12.7 Å². The van der Waals surface area contributed by atoms with Crippen molar-refractivity contribution in [1.82, 2.24) is 0 Å². The Balaban J connectivity index is 2.15. The van der Waals surface area contributed by atoms with Crippen molar-refractivity contribution < 1.29 is 14.3 Å². The Labute approximate surface area is 142 Å². The Morgan fingerprint density at radius 3 is 2.48 bits per heavy atom. The van der Waals surface area contributed by atoms with Gasteiger partial charge in [0.25, 0.3) is 0 Å². The summed E-state index contributed by atoms with van der Waals surface area (Å²) in [6.07, 6.45) is 1.17. The predicted octanol–water partition coefficient (Wildman–Crippen LogP) is 4.51. The Morgan fingerprint density at radius 2 is 1.83 bits per heavy atom. The average Bonchev–Trinajstić information content (AvgIpc) is 2.56. The summed E-state index contributed by atoms with van der Waals surface area (Å²) in [6.45, 7) is 4.51. The lowest BCUT2D eigenvalue weighted by Gasteiger charge is -2.13. The minimum atomic E-state index is -0.265. The lowest BCUT2D eigenvalue weighted by Crippen LogP contribution is -2.08. The van der Waals surface area contributed by atoms with E-state index in [1.807, 2.05) is 43.3 Å². The van der Waals surface area contributed by atoms with Crippen molar-refractivity contribution >= 4 is 17.6 Å². The van der Waals surface area contributed by atoms with Gasteiger partial charge in [-0.1, -0.05) is 42.8 Å². The summed E-state index contributed by atoms with van der Waals surface area (Å²) in [5.74, 6) is 0.396.